The summed E-state index contributed by atoms with van der Waals surface area (Å²) in [4.78, 5) is 2.39. The van der Waals surface area contributed by atoms with E-state index in [9.17, 15) is 0 Å². The van der Waals surface area contributed by atoms with Gasteiger partial charge in [0.1, 0.15) is 6.61 Å². The van der Waals surface area contributed by atoms with E-state index in [0.717, 1.165) is 36.7 Å². The summed E-state index contributed by atoms with van der Waals surface area (Å²) in [7, 11) is 1.66. The van der Waals surface area contributed by atoms with E-state index >= 15 is 0 Å². The Morgan fingerprint density at radius 3 is 2.52 bits per heavy atom. The number of methoxy groups -OCH3 is 1. The van der Waals surface area contributed by atoms with Gasteiger partial charge in [-0.15, -0.1) is 0 Å². The molecule has 5 heteroatoms. The fraction of sp³-hybridized carbons (Fsp3) is 0.667. The van der Waals surface area contributed by atoms with E-state index in [1.54, 1.807) is 7.11 Å². The number of morpholine rings is 1. The third-order valence-corrected chi connectivity index (χ3v) is 3.85. The van der Waals surface area contributed by atoms with Crippen molar-refractivity contribution < 1.29 is 18.9 Å². The molecule has 1 fully saturated rings. The molecular formula is C18H29NO4. The first kappa shape index (κ1) is 18.0. The molecule has 0 aromatic heterocycles. The number of rotatable bonds is 8. The van der Waals surface area contributed by atoms with Gasteiger partial charge in [-0.25, -0.2) is 0 Å². The molecule has 5 nitrogen and oxygen atoms in total. The second kappa shape index (κ2) is 9.11. The first-order valence-electron chi connectivity index (χ1n) is 8.31. The zero-order valence-corrected chi connectivity index (χ0v) is 14.7. The Morgan fingerprint density at radius 1 is 1.09 bits per heavy atom. The Bertz CT molecular complexity index is 470. The van der Waals surface area contributed by atoms with Crippen LogP contribution in [0, 0.1) is 6.92 Å². The van der Waals surface area contributed by atoms with Gasteiger partial charge in [0.15, 0.2) is 11.5 Å². The number of benzene rings is 1. The van der Waals surface area contributed by atoms with Crippen molar-refractivity contribution in [2.45, 2.75) is 33.0 Å². The third-order valence-electron chi connectivity index (χ3n) is 3.85. The quantitative estimate of drug-likeness (QED) is 0.688. The van der Waals surface area contributed by atoms with Crippen molar-refractivity contribution in [2.75, 3.05) is 46.6 Å². The summed E-state index contributed by atoms with van der Waals surface area (Å²) < 4.78 is 22.4. The topological polar surface area (TPSA) is 40.2 Å². The third kappa shape index (κ3) is 6.01. The SMILES string of the molecule is COc1cc(C)ccc1OCCOCCN1CC(C)OC(C)C1. The van der Waals surface area contributed by atoms with Crippen molar-refractivity contribution >= 4 is 0 Å². The second-order valence-corrected chi connectivity index (χ2v) is 6.13. The number of hydrogen-bond donors (Lipinski definition) is 0. The van der Waals surface area contributed by atoms with Gasteiger partial charge in [0.05, 0.1) is 32.5 Å². The summed E-state index contributed by atoms with van der Waals surface area (Å²) in [5.74, 6) is 1.53. The van der Waals surface area contributed by atoms with Crippen molar-refractivity contribution in [3.63, 3.8) is 0 Å². The van der Waals surface area contributed by atoms with Crippen LogP contribution in [0.1, 0.15) is 19.4 Å². The maximum atomic E-state index is 5.73. The van der Waals surface area contributed by atoms with E-state index < -0.39 is 0 Å². The van der Waals surface area contributed by atoms with Gasteiger partial charge in [0, 0.05) is 19.6 Å². The molecule has 0 bridgehead atoms. The first-order valence-corrected chi connectivity index (χ1v) is 8.31. The Hall–Kier alpha value is -1.30. The van der Waals surface area contributed by atoms with Crippen LogP contribution in [0.2, 0.25) is 0 Å². The highest BCUT2D eigenvalue weighted by molar-refractivity contribution is 5.42. The Morgan fingerprint density at radius 2 is 1.83 bits per heavy atom. The van der Waals surface area contributed by atoms with E-state index in [0.29, 0.717) is 32.0 Å². The smallest absolute Gasteiger partial charge is 0.161 e. The average Bonchev–Trinajstić information content (AvgIpc) is 2.50. The van der Waals surface area contributed by atoms with Crippen LogP contribution in [0.3, 0.4) is 0 Å². The van der Waals surface area contributed by atoms with Gasteiger partial charge in [-0.2, -0.15) is 0 Å². The molecule has 1 heterocycles. The molecule has 1 saturated heterocycles. The Kier molecular flexibility index (Phi) is 7.15. The zero-order valence-electron chi connectivity index (χ0n) is 14.7. The van der Waals surface area contributed by atoms with E-state index in [1.807, 2.05) is 25.1 Å². The second-order valence-electron chi connectivity index (χ2n) is 6.13. The summed E-state index contributed by atoms with van der Waals surface area (Å²) in [6.07, 6.45) is 0.604. The van der Waals surface area contributed by atoms with Gasteiger partial charge in [-0.1, -0.05) is 6.07 Å². The maximum absolute atomic E-state index is 5.73. The molecule has 0 amide bonds. The number of nitrogens with zero attached hydrogens (tertiary/aromatic N) is 1. The van der Waals surface area contributed by atoms with Gasteiger partial charge < -0.3 is 18.9 Å². The fourth-order valence-corrected chi connectivity index (χ4v) is 2.87. The normalized spacial score (nSPS) is 22.1. The Labute approximate surface area is 139 Å². The zero-order chi connectivity index (χ0) is 16.7. The molecule has 2 rings (SSSR count). The summed E-state index contributed by atoms with van der Waals surface area (Å²) in [5, 5.41) is 0. The molecule has 0 spiro atoms. The first-order chi connectivity index (χ1) is 11.1. The lowest BCUT2D eigenvalue weighted by atomic mass is 10.2. The van der Waals surface area contributed by atoms with Gasteiger partial charge in [0.2, 0.25) is 0 Å². The van der Waals surface area contributed by atoms with Crippen molar-refractivity contribution in [1.29, 1.82) is 0 Å². The minimum Gasteiger partial charge on any atom is -0.493 e. The summed E-state index contributed by atoms with van der Waals surface area (Å²) >= 11 is 0. The largest absolute Gasteiger partial charge is 0.493 e. The van der Waals surface area contributed by atoms with E-state index in [1.165, 1.54) is 0 Å². The van der Waals surface area contributed by atoms with Crippen molar-refractivity contribution in [3.05, 3.63) is 23.8 Å². The van der Waals surface area contributed by atoms with Crippen LogP contribution >= 0.6 is 0 Å². The number of aryl methyl sites for hydroxylation is 1. The monoisotopic (exact) mass is 323 g/mol. The predicted molar refractivity (Wildman–Crippen MR) is 90.5 cm³/mol. The maximum Gasteiger partial charge on any atom is 0.161 e. The molecule has 0 aliphatic carbocycles. The van der Waals surface area contributed by atoms with Crippen LogP contribution in [-0.4, -0.2) is 63.7 Å². The van der Waals surface area contributed by atoms with Crippen LogP contribution in [0.4, 0.5) is 0 Å². The van der Waals surface area contributed by atoms with Gasteiger partial charge >= 0.3 is 0 Å². The molecule has 130 valence electrons. The molecule has 0 radical (unpaired) electrons. The molecule has 1 aromatic carbocycles. The van der Waals surface area contributed by atoms with Crippen molar-refractivity contribution in [3.8, 4) is 11.5 Å². The molecule has 2 unspecified atom stereocenters. The van der Waals surface area contributed by atoms with Crippen LogP contribution in [-0.2, 0) is 9.47 Å². The molecule has 1 aliphatic rings. The highest BCUT2D eigenvalue weighted by atomic mass is 16.5. The minimum absolute atomic E-state index is 0.302. The van der Waals surface area contributed by atoms with E-state index in [-0.39, 0.29) is 0 Å². The van der Waals surface area contributed by atoms with Gasteiger partial charge in [0.25, 0.3) is 0 Å². The minimum atomic E-state index is 0.302. The summed E-state index contributed by atoms with van der Waals surface area (Å²) in [5.41, 5.74) is 1.15. The van der Waals surface area contributed by atoms with Crippen LogP contribution in [0.5, 0.6) is 11.5 Å². The lowest BCUT2D eigenvalue weighted by Gasteiger charge is -2.35. The van der Waals surface area contributed by atoms with Crippen LogP contribution in [0.15, 0.2) is 18.2 Å². The van der Waals surface area contributed by atoms with Crippen LogP contribution in [0.25, 0.3) is 0 Å². The lowest BCUT2D eigenvalue weighted by molar-refractivity contribution is -0.0734. The van der Waals surface area contributed by atoms with E-state index in [4.69, 9.17) is 18.9 Å². The predicted octanol–water partition coefficient (Wildman–Crippen LogP) is 2.51. The number of ether oxygens (including phenoxy) is 4. The van der Waals surface area contributed by atoms with Gasteiger partial charge in [-0.3, -0.25) is 4.90 Å². The fourth-order valence-electron chi connectivity index (χ4n) is 2.87. The molecule has 23 heavy (non-hydrogen) atoms. The standard InChI is InChI=1S/C18H29NO4/c1-14-5-6-17(18(11-14)20-4)22-10-9-21-8-7-19-12-15(2)23-16(3)13-19/h5-6,11,15-16H,7-10,12-13H2,1-4H3. The highest BCUT2D eigenvalue weighted by Gasteiger charge is 2.21. The average molecular weight is 323 g/mol. The summed E-state index contributed by atoms with van der Waals surface area (Å²) in [6.45, 7) is 11.0. The Balaban J connectivity index is 1.61. The molecule has 0 saturated carbocycles. The molecular weight excluding hydrogens is 294 g/mol. The lowest BCUT2D eigenvalue weighted by Crippen LogP contribution is -2.46. The van der Waals surface area contributed by atoms with Gasteiger partial charge in [-0.05, 0) is 38.5 Å². The molecule has 2 atom stereocenters. The highest BCUT2D eigenvalue weighted by Crippen LogP contribution is 2.27. The van der Waals surface area contributed by atoms with Crippen molar-refractivity contribution in [2.24, 2.45) is 0 Å². The molecule has 1 aromatic rings. The molecule has 1 aliphatic heterocycles. The molecule has 0 N–H and O–H groups in total. The van der Waals surface area contributed by atoms with Crippen LogP contribution < -0.4 is 9.47 Å². The summed E-state index contributed by atoms with van der Waals surface area (Å²) in [6, 6.07) is 5.92. The van der Waals surface area contributed by atoms with Crippen molar-refractivity contribution in [1.82, 2.24) is 4.90 Å². The van der Waals surface area contributed by atoms with E-state index in [2.05, 4.69) is 18.7 Å². The number of hydrogen-bond acceptors (Lipinski definition) is 5.